The van der Waals surface area contributed by atoms with E-state index in [4.69, 9.17) is 23.7 Å². The molecule has 5 atom stereocenters. The zero-order valence-corrected chi connectivity index (χ0v) is 18.9. The van der Waals surface area contributed by atoms with Gasteiger partial charge < -0.3 is 34.1 Å². The van der Waals surface area contributed by atoms with Crippen molar-refractivity contribution in [1.29, 1.82) is 0 Å². The summed E-state index contributed by atoms with van der Waals surface area (Å²) in [6.07, 6.45) is -4.52. The molecular weight excluding hydrogens is 438 g/mol. The van der Waals surface area contributed by atoms with Crippen molar-refractivity contribution < 1.29 is 48.0 Å². The fourth-order valence-corrected chi connectivity index (χ4v) is 3.35. The quantitative estimate of drug-likeness (QED) is 0.385. The minimum Gasteiger partial charge on any atom is -0.463 e. The second-order valence-corrected chi connectivity index (χ2v) is 7.51. The van der Waals surface area contributed by atoms with Gasteiger partial charge >= 0.3 is 17.9 Å². The summed E-state index contributed by atoms with van der Waals surface area (Å²) in [5.74, 6) is -2.41. The Morgan fingerprint density at radius 3 is 2.00 bits per heavy atom. The summed E-state index contributed by atoms with van der Waals surface area (Å²) >= 11 is 0. The lowest BCUT2D eigenvalue weighted by Crippen LogP contribution is -2.66. The first kappa shape index (κ1) is 26.2. The molecule has 1 fully saturated rings. The number of amides is 1. The highest BCUT2D eigenvalue weighted by molar-refractivity contribution is 5.73. The van der Waals surface area contributed by atoms with Crippen LogP contribution in [-0.4, -0.2) is 66.2 Å². The average molecular weight is 467 g/mol. The Bertz CT molecular complexity index is 840. The zero-order chi connectivity index (χ0) is 24.5. The second-order valence-electron chi connectivity index (χ2n) is 7.51. The first-order chi connectivity index (χ1) is 15.6. The van der Waals surface area contributed by atoms with Crippen LogP contribution in [0.2, 0.25) is 0 Å². The highest BCUT2D eigenvalue weighted by Crippen LogP contribution is 2.28. The molecule has 11 heteroatoms. The zero-order valence-electron chi connectivity index (χ0n) is 18.9. The van der Waals surface area contributed by atoms with Crippen LogP contribution < -0.4 is 5.32 Å². The number of hydrogen-bond donors (Lipinski definition) is 2. The van der Waals surface area contributed by atoms with E-state index < -0.39 is 54.5 Å². The van der Waals surface area contributed by atoms with Crippen molar-refractivity contribution in [1.82, 2.24) is 5.32 Å². The highest BCUT2D eigenvalue weighted by Gasteiger charge is 2.51. The molecular formula is C22H29NO10. The van der Waals surface area contributed by atoms with Crippen LogP contribution in [0.25, 0.3) is 0 Å². The smallest absolute Gasteiger partial charge is 0.303 e. The lowest BCUT2D eigenvalue weighted by atomic mass is 9.96. The number of aliphatic hydroxyl groups excluding tert-OH is 1. The molecule has 0 aromatic heterocycles. The van der Waals surface area contributed by atoms with Crippen LogP contribution in [0.15, 0.2) is 24.3 Å². The molecule has 1 aliphatic heterocycles. The van der Waals surface area contributed by atoms with Gasteiger partial charge in [-0.25, -0.2) is 0 Å². The molecule has 0 bridgehead atoms. The summed E-state index contributed by atoms with van der Waals surface area (Å²) < 4.78 is 27.6. The summed E-state index contributed by atoms with van der Waals surface area (Å²) in [5.41, 5.74) is 1.48. The molecule has 1 saturated heterocycles. The highest BCUT2D eigenvalue weighted by atomic mass is 16.7. The molecule has 1 amide bonds. The van der Waals surface area contributed by atoms with Gasteiger partial charge in [-0.3, -0.25) is 19.2 Å². The van der Waals surface area contributed by atoms with Crippen LogP contribution in [0.3, 0.4) is 0 Å². The van der Waals surface area contributed by atoms with Crippen molar-refractivity contribution in [2.24, 2.45) is 0 Å². The molecule has 33 heavy (non-hydrogen) atoms. The van der Waals surface area contributed by atoms with Gasteiger partial charge in [0.25, 0.3) is 0 Å². The van der Waals surface area contributed by atoms with E-state index in [-0.39, 0.29) is 19.8 Å². The molecule has 0 saturated carbocycles. The van der Waals surface area contributed by atoms with Crippen LogP contribution >= 0.6 is 0 Å². The number of carbonyl (C=O) groups excluding carboxylic acids is 4. The van der Waals surface area contributed by atoms with Crippen LogP contribution in [-0.2, 0) is 56.1 Å². The molecule has 2 N–H and O–H groups in total. The number of rotatable bonds is 9. The Kier molecular flexibility index (Phi) is 9.76. The number of hydrogen-bond acceptors (Lipinski definition) is 10. The molecule has 1 heterocycles. The topological polar surface area (TPSA) is 147 Å². The average Bonchev–Trinajstić information content (AvgIpc) is 2.73. The van der Waals surface area contributed by atoms with Crippen LogP contribution in [0.4, 0.5) is 0 Å². The molecule has 11 nitrogen and oxygen atoms in total. The Hall–Kier alpha value is -3.02. The second kappa shape index (κ2) is 12.3. The van der Waals surface area contributed by atoms with E-state index in [2.05, 4.69) is 5.32 Å². The van der Waals surface area contributed by atoms with Crippen molar-refractivity contribution in [3.8, 4) is 0 Å². The third-order valence-corrected chi connectivity index (χ3v) is 4.69. The molecule has 1 aromatic rings. The lowest BCUT2D eigenvalue weighted by Gasteiger charge is -2.44. The van der Waals surface area contributed by atoms with Crippen molar-refractivity contribution in [3.05, 3.63) is 35.4 Å². The Morgan fingerprint density at radius 2 is 1.48 bits per heavy atom. The van der Waals surface area contributed by atoms with E-state index in [1.807, 2.05) is 0 Å². The summed E-state index contributed by atoms with van der Waals surface area (Å²) in [6, 6.07) is 5.94. The van der Waals surface area contributed by atoms with E-state index in [0.717, 1.165) is 11.1 Å². The minimum absolute atomic E-state index is 0.0533. The van der Waals surface area contributed by atoms with E-state index >= 15 is 0 Å². The maximum atomic E-state index is 11.9. The van der Waals surface area contributed by atoms with Gasteiger partial charge in [0, 0.05) is 27.7 Å². The molecule has 1 aromatic carbocycles. The van der Waals surface area contributed by atoms with Gasteiger partial charge in [-0.05, 0) is 11.1 Å². The monoisotopic (exact) mass is 467 g/mol. The van der Waals surface area contributed by atoms with Crippen molar-refractivity contribution in [2.45, 2.75) is 71.6 Å². The van der Waals surface area contributed by atoms with E-state index in [1.165, 1.54) is 27.7 Å². The number of esters is 3. The predicted molar refractivity (Wildman–Crippen MR) is 111 cm³/mol. The molecule has 1 aliphatic rings. The van der Waals surface area contributed by atoms with Crippen LogP contribution in [0.5, 0.6) is 0 Å². The first-order valence-electron chi connectivity index (χ1n) is 10.3. The minimum atomic E-state index is -1.17. The molecule has 2 rings (SSSR count). The Balaban J connectivity index is 2.33. The maximum Gasteiger partial charge on any atom is 0.303 e. The largest absolute Gasteiger partial charge is 0.463 e. The summed E-state index contributed by atoms with van der Waals surface area (Å²) in [7, 11) is 0. The van der Waals surface area contributed by atoms with E-state index in [1.54, 1.807) is 24.3 Å². The summed E-state index contributed by atoms with van der Waals surface area (Å²) in [6.45, 7) is 4.46. The predicted octanol–water partition coefficient (Wildman–Crippen LogP) is 0.352. The SMILES string of the molecule is CC(=O)N[C@H]1[C@H](OCc2ccc(CO)cc2)O[C@H](COC(C)=O)[C@H](OC(C)=O)[C@@H]1OC(C)=O. The Labute approximate surface area is 191 Å². The normalized spacial score (nSPS) is 24.5. The van der Waals surface area contributed by atoms with Crippen LogP contribution in [0.1, 0.15) is 38.8 Å². The number of ether oxygens (including phenoxy) is 5. The lowest BCUT2D eigenvalue weighted by molar-refractivity contribution is -0.280. The number of nitrogens with one attached hydrogen (secondary N) is 1. The number of carbonyl (C=O) groups is 4. The molecule has 182 valence electrons. The number of benzene rings is 1. The van der Waals surface area contributed by atoms with Gasteiger partial charge in [0.1, 0.15) is 18.8 Å². The van der Waals surface area contributed by atoms with Crippen molar-refractivity contribution in [3.63, 3.8) is 0 Å². The molecule has 0 radical (unpaired) electrons. The van der Waals surface area contributed by atoms with Gasteiger partial charge in [-0.15, -0.1) is 0 Å². The summed E-state index contributed by atoms with van der Waals surface area (Å²) in [4.78, 5) is 46.8. The van der Waals surface area contributed by atoms with Crippen molar-refractivity contribution >= 4 is 23.8 Å². The number of aliphatic hydroxyl groups is 1. The third kappa shape index (κ3) is 8.12. The van der Waals surface area contributed by atoms with Gasteiger partial charge in [-0.1, -0.05) is 24.3 Å². The van der Waals surface area contributed by atoms with Gasteiger partial charge in [0.2, 0.25) is 5.91 Å². The van der Waals surface area contributed by atoms with E-state index in [9.17, 15) is 24.3 Å². The molecule has 0 aliphatic carbocycles. The third-order valence-electron chi connectivity index (χ3n) is 4.69. The molecule has 0 spiro atoms. The van der Waals surface area contributed by atoms with Crippen molar-refractivity contribution in [2.75, 3.05) is 6.61 Å². The van der Waals surface area contributed by atoms with Crippen LogP contribution in [0, 0.1) is 0 Å². The van der Waals surface area contributed by atoms with E-state index in [0.29, 0.717) is 0 Å². The standard InChI is InChI=1S/C22H29NO10/c1-12(25)23-19-21(32-15(4)28)20(31-14(3)27)18(11-29-13(2)26)33-22(19)30-10-17-7-5-16(9-24)6-8-17/h5-8,18-22,24H,9-11H2,1-4H3,(H,23,25)/t18-,19-,20+,21-,22-/m1/s1. The fraction of sp³-hybridized carbons (Fsp3) is 0.545. The molecule has 0 unspecified atom stereocenters. The van der Waals surface area contributed by atoms with Gasteiger partial charge in [-0.2, -0.15) is 0 Å². The Morgan fingerprint density at radius 1 is 0.909 bits per heavy atom. The first-order valence-corrected chi connectivity index (χ1v) is 10.3. The fourth-order valence-electron chi connectivity index (χ4n) is 3.35. The van der Waals surface area contributed by atoms with Gasteiger partial charge in [0.05, 0.1) is 13.2 Å². The maximum absolute atomic E-state index is 11.9. The summed E-state index contributed by atoms with van der Waals surface area (Å²) in [5, 5.41) is 11.8. The van der Waals surface area contributed by atoms with Gasteiger partial charge in [0.15, 0.2) is 18.5 Å².